The van der Waals surface area contributed by atoms with Gasteiger partial charge in [-0.3, -0.25) is 4.79 Å². The summed E-state index contributed by atoms with van der Waals surface area (Å²) in [6, 6.07) is 3.19. The van der Waals surface area contributed by atoms with Gasteiger partial charge in [-0.15, -0.1) is 0 Å². The molecule has 2 aliphatic rings. The predicted molar refractivity (Wildman–Crippen MR) is 87.9 cm³/mol. The van der Waals surface area contributed by atoms with Crippen molar-refractivity contribution in [2.75, 3.05) is 39.3 Å². The fraction of sp³-hybridized carbons (Fsp3) is 0.533. The summed E-state index contributed by atoms with van der Waals surface area (Å²) in [5.41, 5.74) is 0.165. The van der Waals surface area contributed by atoms with Gasteiger partial charge in [-0.25, -0.2) is 9.78 Å². The van der Waals surface area contributed by atoms with Crippen LogP contribution < -0.4 is 0 Å². The number of nitrogens with zero attached hydrogens (tertiary/aromatic N) is 4. The van der Waals surface area contributed by atoms with E-state index in [1.165, 1.54) is 0 Å². The fourth-order valence-corrected chi connectivity index (χ4v) is 3.26. The molecule has 3 heterocycles. The molecule has 23 heavy (non-hydrogen) atoms. The average molecular weight is 357 g/mol. The first-order chi connectivity index (χ1) is 11.1. The highest BCUT2D eigenvalue weighted by Crippen LogP contribution is 2.20. The van der Waals surface area contributed by atoms with E-state index in [4.69, 9.17) is 23.2 Å². The standard InChI is InChI=1S/C15H18Cl2N4O2/c16-11-3-4-12(17)18-13(11)14(22)19-7-9-21(10-8-19)15(23)20-5-1-2-6-20/h3-4H,1-2,5-10H2. The predicted octanol–water partition coefficient (Wildman–Crippen LogP) is 2.36. The topological polar surface area (TPSA) is 56.8 Å². The second kappa shape index (κ2) is 6.93. The first-order valence-electron chi connectivity index (χ1n) is 7.71. The Bertz CT molecular complexity index is 611. The van der Waals surface area contributed by atoms with Gasteiger partial charge >= 0.3 is 6.03 Å². The van der Waals surface area contributed by atoms with Gasteiger partial charge in [0.15, 0.2) is 0 Å². The van der Waals surface area contributed by atoms with E-state index in [0.29, 0.717) is 26.2 Å². The summed E-state index contributed by atoms with van der Waals surface area (Å²) in [5.74, 6) is -0.245. The zero-order valence-electron chi connectivity index (χ0n) is 12.7. The Morgan fingerprint density at radius 3 is 2.09 bits per heavy atom. The van der Waals surface area contributed by atoms with Gasteiger partial charge in [-0.1, -0.05) is 23.2 Å². The summed E-state index contributed by atoms with van der Waals surface area (Å²) in [6.45, 7) is 3.67. The molecule has 6 nitrogen and oxygen atoms in total. The molecule has 1 aromatic heterocycles. The van der Waals surface area contributed by atoms with Crippen LogP contribution in [0.3, 0.4) is 0 Å². The zero-order valence-corrected chi connectivity index (χ0v) is 14.2. The lowest BCUT2D eigenvalue weighted by atomic mass is 10.2. The van der Waals surface area contributed by atoms with Crippen LogP contribution in [0.1, 0.15) is 23.3 Å². The molecule has 8 heteroatoms. The zero-order chi connectivity index (χ0) is 16.4. The number of carbonyl (C=O) groups is 2. The highest BCUT2D eigenvalue weighted by Gasteiger charge is 2.29. The molecule has 0 unspecified atom stereocenters. The molecule has 2 aliphatic heterocycles. The van der Waals surface area contributed by atoms with Crippen LogP contribution in [0.25, 0.3) is 0 Å². The summed E-state index contributed by atoms with van der Waals surface area (Å²) in [4.78, 5) is 34.2. The Labute approximate surface area is 144 Å². The number of rotatable bonds is 1. The molecule has 0 N–H and O–H groups in total. The van der Waals surface area contributed by atoms with Crippen LogP contribution in [-0.4, -0.2) is 70.9 Å². The van der Waals surface area contributed by atoms with Crippen LogP contribution in [0.5, 0.6) is 0 Å². The lowest BCUT2D eigenvalue weighted by Gasteiger charge is -2.36. The van der Waals surface area contributed by atoms with Crippen LogP contribution in [0.2, 0.25) is 10.2 Å². The molecule has 2 saturated heterocycles. The molecule has 0 aliphatic carbocycles. The number of pyridine rings is 1. The molecule has 3 rings (SSSR count). The molecule has 0 atom stereocenters. The number of urea groups is 1. The summed E-state index contributed by atoms with van der Waals surface area (Å²) in [7, 11) is 0. The van der Waals surface area contributed by atoms with E-state index in [0.717, 1.165) is 25.9 Å². The molecule has 124 valence electrons. The maximum atomic E-state index is 12.5. The maximum absolute atomic E-state index is 12.5. The molecular weight excluding hydrogens is 339 g/mol. The van der Waals surface area contributed by atoms with Crippen molar-refractivity contribution >= 4 is 35.1 Å². The lowest BCUT2D eigenvalue weighted by molar-refractivity contribution is 0.0639. The fourth-order valence-electron chi connectivity index (χ4n) is 2.93. The van der Waals surface area contributed by atoms with Gasteiger partial charge in [0, 0.05) is 39.3 Å². The summed E-state index contributed by atoms with van der Waals surface area (Å²) < 4.78 is 0. The lowest BCUT2D eigenvalue weighted by Crippen LogP contribution is -2.53. The molecule has 2 fully saturated rings. The van der Waals surface area contributed by atoms with Gasteiger partial charge in [0.2, 0.25) is 0 Å². The number of likely N-dealkylation sites (tertiary alicyclic amines) is 1. The third-order valence-electron chi connectivity index (χ3n) is 4.23. The van der Waals surface area contributed by atoms with Crippen molar-refractivity contribution < 1.29 is 9.59 Å². The molecule has 1 aromatic rings. The second-order valence-electron chi connectivity index (χ2n) is 5.72. The minimum Gasteiger partial charge on any atom is -0.334 e. The van der Waals surface area contributed by atoms with Crippen LogP contribution in [-0.2, 0) is 0 Å². The normalized spacial score (nSPS) is 18.4. The average Bonchev–Trinajstić information content (AvgIpc) is 3.10. The number of amides is 3. The molecular formula is C15H18Cl2N4O2. The summed E-state index contributed by atoms with van der Waals surface area (Å²) in [6.07, 6.45) is 2.15. The van der Waals surface area contributed by atoms with Gasteiger partial charge in [0.1, 0.15) is 10.8 Å². The van der Waals surface area contributed by atoms with Gasteiger partial charge in [-0.2, -0.15) is 0 Å². The van der Waals surface area contributed by atoms with E-state index >= 15 is 0 Å². The molecule has 0 aromatic carbocycles. The Kier molecular flexibility index (Phi) is 4.92. The highest BCUT2D eigenvalue weighted by atomic mass is 35.5. The van der Waals surface area contributed by atoms with E-state index in [-0.39, 0.29) is 27.8 Å². The highest BCUT2D eigenvalue weighted by molar-refractivity contribution is 6.34. The van der Waals surface area contributed by atoms with E-state index in [1.807, 2.05) is 9.80 Å². The third-order valence-corrected chi connectivity index (χ3v) is 4.74. The van der Waals surface area contributed by atoms with Crippen LogP contribution >= 0.6 is 23.2 Å². The number of hydrogen-bond acceptors (Lipinski definition) is 3. The molecule has 0 spiro atoms. The Morgan fingerprint density at radius 2 is 1.43 bits per heavy atom. The number of piperazine rings is 1. The Balaban J connectivity index is 1.61. The van der Waals surface area contributed by atoms with E-state index in [1.54, 1.807) is 17.0 Å². The Hall–Kier alpha value is -1.53. The summed E-state index contributed by atoms with van der Waals surface area (Å²) in [5, 5.41) is 0.524. The van der Waals surface area contributed by atoms with Crippen molar-refractivity contribution in [3.8, 4) is 0 Å². The van der Waals surface area contributed by atoms with Crippen molar-refractivity contribution in [1.82, 2.24) is 19.7 Å². The second-order valence-corrected chi connectivity index (χ2v) is 6.51. The van der Waals surface area contributed by atoms with Crippen molar-refractivity contribution in [1.29, 1.82) is 0 Å². The first-order valence-corrected chi connectivity index (χ1v) is 8.47. The largest absolute Gasteiger partial charge is 0.334 e. The molecule has 0 radical (unpaired) electrons. The van der Waals surface area contributed by atoms with E-state index < -0.39 is 0 Å². The number of aromatic nitrogens is 1. The number of carbonyl (C=O) groups excluding carboxylic acids is 2. The van der Waals surface area contributed by atoms with Crippen LogP contribution in [0.4, 0.5) is 4.79 Å². The van der Waals surface area contributed by atoms with Gasteiger partial charge in [0.25, 0.3) is 5.91 Å². The summed E-state index contributed by atoms with van der Waals surface area (Å²) >= 11 is 11.9. The minimum atomic E-state index is -0.245. The van der Waals surface area contributed by atoms with E-state index in [2.05, 4.69) is 4.98 Å². The van der Waals surface area contributed by atoms with E-state index in [9.17, 15) is 9.59 Å². The monoisotopic (exact) mass is 356 g/mol. The minimum absolute atomic E-state index is 0.0773. The van der Waals surface area contributed by atoms with Gasteiger partial charge in [-0.05, 0) is 25.0 Å². The van der Waals surface area contributed by atoms with Crippen LogP contribution in [0.15, 0.2) is 12.1 Å². The smallest absolute Gasteiger partial charge is 0.320 e. The Morgan fingerprint density at radius 1 is 0.870 bits per heavy atom. The van der Waals surface area contributed by atoms with Crippen molar-refractivity contribution in [2.45, 2.75) is 12.8 Å². The number of hydrogen-bond donors (Lipinski definition) is 0. The van der Waals surface area contributed by atoms with Crippen molar-refractivity contribution in [3.05, 3.63) is 28.0 Å². The van der Waals surface area contributed by atoms with Gasteiger partial charge in [0.05, 0.1) is 5.02 Å². The quantitative estimate of drug-likeness (QED) is 0.725. The molecule has 3 amide bonds. The van der Waals surface area contributed by atoms with Crippen molar-refractivity contribution in [3.63, 3.8) is 0 Å². The third kappa shape index (κ3) is 3.53. The molecule has 0 bridgehead atoms. The van der Waals surface area contributed by atoms with Gasteiger partial charge < -0.3 is 14.7 Å². The van der Waals surface area contributed by atoms with Crippen LogP contribution in [0, 0.1) is 0 Å². The number of halogens is 2. The van der Waals surface area contributed by atoms with Crippen molar-refractivity contribution in [2.24, 2.45) is 0 Å². The SMILES string of the molecule is O=C(c1nc(Cl)ccc1Cl)N1CCN(C(=O)N2CCCC2)CC1. The molecule has 0 saturated carbocycles. The first kappa shape index (κ1) is 16.3. The maximum Gasteiger partial charge on any atom is 0.320 e.